The highest BCUT2D eigenvalue weighted by atomic mass is 19.1. The summed E-state index contributed by atoms with van der Waals surface area (Å²) in [6.45, 7) is 1.33. The Labute approximate surface area is 105 Å². The van der Waals surface area contributed by atoms with Crippen molar-refractivity contribution in [2.75, 3.05) is 13.2 Å². The number of hydrogen-bond donors (Lipinski definition) is 2. The van der Waals surface area contributed by atoms with E-state index in [2.05, 4.69) is 5.32 Å². The molecule has 1 aromatic rings. The minimum Gasteiger partial charge on any atom is -0.396 e. The second-order valence-corrected chi connectivity index (χ2v) is 4.04. The molecule has 5 nitrogen and oxygen atoms in total. The van der Waals surface area contributed by atoms with E-state index in [0.717, 1.165) is 31.9 Å². The van der Waals surface area contributed by atoms with E-state index in [1.54, 1.807) is 0 Å². The molecule has 1 rings (SSSR count). The summed E-state index contributed by atoms with van der Waals surface area (Å²) >= 11 is 0. The Kier molecular flexibility index (Phi) is 6.24. The summed E-state index contributed by atoms with van der Waals surface area (Å²) in [5, 5.41) is 22.2. The fourth-order valence-corrected chi connectivity index (χ4v) is 1.61. The molecule has 0 unspecified atom stereocenters. The van der Waals surface area contributed by atoms with E-state index in [1.807, 2.05) is 0 Å². The fraction of sp³-hybridized carbons (Fsp3) is 0.500. The summed E-state index contributed by atoms with van der Waals surface area (Å²) in [5.74, 6) is -0.596. The zero-order valence-electron chi connectivity index (χ0n) is 10.1. The number of rotatable bonds is 8. The van der Waals surface area contributed by atoms with Gasteiger partial charge >= 0.3 is 0 Å². The normalized spacial score (nSPS) is 10.6. The number of nitrogens with zero attached hydrogens (tertiary/aromatic N) is 1. The van der Waals surface area contributed by atoms with Crippen molar-refractivity contribution in [3.63, 3.8) is 0 Å². The van der Waals surface area contributed by atoms with Crippen LogP contribution in [-0.2, 0) is 6.54 Å². The lowest BCUT2D eigenvalue weighted by Crippen LogP contribution is -2.15. The van der Waals surface area contributed by atoms with E-state index < -0.39 is 10.7 Å². The molecule has 0 atom stereocenters. The summed E-state index contributed by atoms with van der Waals surface area (Å²) < 4.78 is 13.1. The van der Waals surface area contributed by atoms with Gasteiger partial charge in [-0.25, -0.2) is 4.39 Å². The maximum atomic E-state index is 13.1. The van der Waals surface area contributed by atoms with Crippen LogP contribution in [0.3, 0.4) is 0 Å². The maximum Gasteiger partial charge on any atom is 0.272 e. The first kappa shape index (κ1) is 14.5. The first-order valence-electron chi connectivity index (χ1n) is 5.89. The van der Waals surface area contributed by atoms with Crippen molar-refractivity contribution in [1.82, 2.24) is 5.32 Å². The Morgan fingerprint density at radius 3 is 2.72 bits per heavy atom. The molecule has 0 saturated carbocycles. The van der Waals surface area contributed by atoms with E-state index in [9.17, 15) is 14.5 Å². The first-order valence-corrected chi connectivity index (χ1v) is 5.89. The topological polar surface area (TPSA) is 75.4 Å². The Balaban J connectivity index is 2.40. The van der Waals surface area contributed by atoms with Crippen LogP contribution in [-0.4, -0.2) is 23.2 Å². The van der Waals surface area contributed by atoms with Crippen LogP contribution in [0.15, 0.2) is 18.2 Å². The molecule has 0 spiro atoms. The highest BCUT2D eigenvalue weighted by molar-refractivity contribution is 5.35. The van der Waals surface area contributed by atoms with Gasteiger partial charge in [0.1, 0.15) is 5.82 Å². The van der Waals surface area contributed by atoms with Crippen LogP contribution in [0.5, 0.6) is 0 Å². The number of benzene rings is 1. The number of nitro groups is 1. The molecule has 0 heterocycles. The van der Waals surface area contributed by atoms with Crippen molar-refractivity contribution in [1.29, 1.82) is 0 Å². The van der Waals surface area contributed by atoms with Crippen LogP contribution in [0.2, 0.25) is 0 Å². The zero-order valence-corrected chi connectivity index (χ0v) is 10.1. The van der Waals surface area contributed by atoms with E-state index in [1.165, 1.54) is 12.1 Å². The number of unbranched alkanes of at least 4 members (excludes halogenated alkanes) is 2. The van der Waals surface area contributed by atoms with Crippen molar-refractivity contribution in [2.45, 2.75) is 25.8 Å². The summed E-state index contributed by atoms with van der Waals surface area (Å²) in [4.78, 5) is 9.95. The third-order valence-corrected chi connectivity index (χ3v) is 2.49. The Morgan fingerprint density at radius 1 is 1.28 bits per heavy atom. The molecule has 0 radical (unpaired) electrons. The zero-order chi connectivity index (χ0) is 13.4. The molecule has 0 fully saturated rings. The van der Waals surface area contributed by atoms with Gasteiger partial charge in [0.05, 0.1) is 11.0 Å². The number of non-ortho nitro benzene ring substituents is 1. The van der Waals surface area contributed by atoms with Gasteiger partial charge in [-0.05, 0) is 37.4 Å². The van der Waals surface area contributed by atoms with Gasteiger partial charge in [-0.2, -0.15) is 0 Å². The predicted molar refractivity (Wildman–Crippen MR) is 65.7 cm³/mol. The number of nitrogens with one attached hydrogen (secondary N) is 1. The molecule has 100 valence electrons. The molecule has 0 aliphatic carbocycles. The molecule has 0 bridgehead atoms. The Morgan fingerprint density at radius 2 is 2.06 bits per heavy atom. The average Bonchev–Trinajstić information content (AvgIpc) is 2.33. The molecule has 0 saturated heterocycles. The highest BCUT2D eigenvalue weighted by Gasteiger charge is 2.09. The van der Waals surface area contributed by atoms with Gasteiger partial charge in [-0.3, -0.25) is 10.1 Å². The molecule has 0 amide bonds. The van der Waals surface area contributed by atoms with E-state index in [4.69, 9.17) is 5.11 Å². The predicted octanol–water partition coefficient (Wildman–Crippen LogP) is 1.99. The minimum atomic E-state index is -0.603. The van der Waals surface area contributed by atoms with Gasteiger partial charge < -0.3 is 10.4 Å². The third-order valence-electron chi connectivity index (χ3n) is 2.49. The van der Waals surface area contributed by atoms with Crippen LogP contribution in [0.4, 0.5) is 10.1 Å². The summed E-state index contributed by atoms with van der Waals surface area (Å²) in [6.07, 6.45) is 2.61. The summed E-state index contributed by atoms with van der Waals surface area (Å²) in [6, 6.07) is 3.56. The van der Waals surface area contributed by atoms with Gasteiger partial charge in [0.15, 0.2) is 0 Å². The Hall–Kier alpha value is -1.53. The number of aliphatic hydroxyl groups is 1. The number of aliphatic hydroxyl groups excluding tert-OH is 1. The van der Waals surface area contributed by atoms with Gasteiger partial charge in [0.25, 0.3) is 5.69 Å². The number of nitro benzene ring substituents is 1. The molecule has 6 heteroatoms. The number of halogens is 1. The van der Waals surface area contributed by atoms with Crippen LogP contribution in [0.25, 0.3) is 0 Å². The first-order chi connectivity index (χ1) is 8.63. The molecule has 0 aliphatic heterocycles. The largest absolute Gasteiger partial charge is 0.396 e. The van der Waals surface area contributed by atoms with Gasteiger partial charge in [-0.15, -0.1) is 0 Å². The Bertz CT molecular complexity index is 399. The van der Waals surface area contributed by atoms with Gasteiger partial charge in [0, 0.05) is 19.2 Å². The minimum absolute atomic E-state index is 0.191. The number of hydrogen-bond acceptors (Lipinski definition) is 4. The molecular formula is C12H17FN2O3. The van der Waals surface area contributed by atoms with Gasteiger partial charge in [0.2, 0.25) is 0 Å². The van der Waals surface area contributed by atoms with Crippen molar-refractivity contribution < 1.29 is 14.4 Å². The monoisotopic (exact) mass is 256 g/mol. The summed E-state index contributed by atoms with van der Waals surface area (Å²) in [7, 11) is 0. The highest BCUT2D eigenvalue weighted by Crippen LogP contribution is 2.16. The van der Waals surface area contributed by atoms with E-state index in [0.29, 0.717) is 12.1 Å². The quantitative estimate of drug-likeness (QED) is 0.423. The second kappa shape index (κ2) is 7.73. The van der Waals surface area contributed by atoms with Gasteiger partial charge in [-0.1, -0.05) is 0 Å². The van der Waals surface area contributed by atoms with Crippen LogP contribution in [0.1, 0.15) is 24.8 Å². The van der Waals surface area contributed by atoms with Crippen LogP contribution >= 0.6 is 0 Å². The average molecular weight is 256 g/mol. The standard InChI is InChI=1S/C12H17FN2O3/c13-11-6-10(7-12(8-11)15(17)18)9-14-4-2-1-3-5-16/h6-8,14,16H,1-5,9H2. The van der Waals surface area contributed by atoms with Crippen molar-refractivity contribution in [2.24, 2.45) is 0 Å². The summed E-state index contributed by atoms with van der Waals surface area (Å²) in [5.41, 5.74) is 0.330. The SMILES string of the molecule is O=[N+]([O-])c1cc(F)cc(CNCCCCCO)c1. The molecule has 18 heavy (non-hydrogen) atoms. The van der Waals surface area contributed by atoms with Crippen molar-refractivity contribution >= 4 is 5.69 Å². The lowest BCUT2D eigenvalue weighted by atomic mass is 10.2. The molecule has 0 aromatic heterocycles. The van der Waals surface area contributed by atoms with E-state index >= 15 is 0 Å². The second-order valence-electron chi connectivity index (χ2n) is 4.04. The molecule has 2 N–H and O–H groups in total. The fourth-order valence-electron chi connectivity index (χ4n) is 1.61. The molecular weight excluding hydrogens is 239 g/mol. The van der Waals surface area contributed by atoms with Crippen LogP contribution < -0.4 is 5.32 Å². The smallest absolute Gasteiger partial charge is 0.272 e. The molecule has 1 aromatic carbocycles. The lowest BCUT2D eigenvalue weighted by molar-refractivity contribution is -0.385. The van der Waals surface area contributed by atoms with Crippen LogP contribution in [0, 0.1) is 15.9 Å². The van der Waals surface area contributed by atoms with Crippen molar-refractivity contribution in [3.05, 3.63) is 39.7 Å². The van der Waals surface area contributed by atoms with Crippen molar-refractivity contribution in [3.8, 4) is 0 Å². The maximum absolute atomic E-state index is 13.1. The molecule has 0 aliphatic rings. The lowest BCUT2D eigenvalue weighted by Gasteiger charge is -2.05. The third kappa shape index (κ3) is 5.20. The van der Waals surface area contributed by atoms with E-state index in [-0.39, 0.29) is 12.3 Å².